The minimum absolute atomic E-state index is 0.0940. The molecule has 0 bridgehead atoms. The van der Waals surface area contributed by atoms with E-state index in [4.69, 9.17) is 23.2 Å². The van der Waals surface area contributed by atoms with Gasteiger partial charge in [0.2, 0.25) is 0 Å². The smallest absolute Gasteiger partial charge is 0.138 e. The van der Waals surface area contributed by atoms with E-state index >= 15 is 0 Å². The summed E-state index contributed by atoms with van der Waals surface area (Å²) >= 11 is 13.5. The summed E-state index contributed by atoms with van der Waals surface area (Å²) in [5, 5.41) is 16.0. The maximum absolute atomic E-state index is 9.81. The van der Waals surface area contributed by atoms with Crippen molar-refractivity contribution < 1.29 is 5.11 Å². The Morgan fingerprint density at radius 1 is 1.28 bits per heavy atom. The van der Waals surface area contributed by atoms with Crippen molar-refractivity contribution in [1.82, 2.24) is 5.32 Å². The molecular formula is C13H13Cl2NOS. The lowest BCUT2D eigenvalue weighted by molar-refractivity contribution is 0.465. The first-order chi connectivity index (χ1) is 8.58. The van der Waals surface area contributed by atoms with Crippen molar-refractivity contribution in [2.75, 3.05) is 0 Å². The summed E-state index contributed by atoms with van der Waals surface area (Å²) in [7, 11) is 0. The van der Waals surface area contributed by atoms with Crippen molar-refractivity contribution in [2.24, 2.45) is 0 Å². The number of halogens is 2. The fourth-order valence-corrected chi connectivity index (χ4v) is 3.06. The summed E-state index contributed by atoms with van der Waals surface area (Å²) in [5.74, 6) is 0.0940. The van der Waals surface area contributed by atoms with Crippen molar-refractivity contribution in [3.63, 3.8) is 0 Å². The van der Waals surface area contributed by atoms with E-state index < -0.39 is 0 Å². The Bertz CT molecular complexity index is 554. The van der Waals surface area contributed by atoms with E-state index in [9.17, 15) is 5.11 Å². The van der Waals surface area contributed by atoms with E-state index in [1.165, 1.54) is 16.5 Å². The molecule has 5 heteroatoms. The van der Waals surface area contributed by atoms with Gasteiger partial charge in [-0.05, 0) is 36.1 Å². The third-order valence-electron chi connectivity index (χ3n) is 2.68. The fraction of sp³-hybridized carbons (Fsp3) is 0.231. The summed E-state index contributed by atoms with van der Waals surface area (Å²) in [4.78, 5) is 1.29. The van der Waals surface area contributed by atoms with Gasteiger partial charge in [0.25, 0.3) is 0 Å². The first kappa shape index (κ1) is 13.7. The maximum Gasteiger partial charge on any atom is 0.138 e. The number of benzene rings is 1. The Hall–Kier alpha value is -0.740. The minimum atomic E-state index is 0.0940. The molecule has 2 N–H and O–H groups in total. The lowest BCUT2D eigenvalue weighted by atomic mass is 10.2. The van der Waals surface area contributed by atoms with E-state index in [0.29, 0.717) is 17.1 Å². The number of aryl methyl sites for hydroxylation is 1. The quantitative estimate of drug-likeness (QED) is 0.879. The average Bonchev–Trinajstić information content (AvgIpc) is 2.71. The molecule has 0 saturated heterocycles. The van der Waals surface area contributed by atoms with Crippen molar-refractivity contribution in [3.05, 3.63) is 49.6 Å². The van der Waals surface area contributed by atoms with Crippen LogP contribution >= 0.6 is 34.5 Å². The van der Waals surface area contributed by atoms with Crippen LogP contribution in [0.5, 0.6) is 5.75 Å². The van der Waals surface area contributed by atoms with Gasteiger partial charge in [-0.3, -0.25) is 0 Å². The van der Waals surface area contributed by atoms with Crippen LogP contribution in [0.25, 0.3) is 0 Å². The minimum Gasteiger partial charge on any atom is -0.506 e. The largest absolute Gasteiger partial charge is 0.506 e. The first-order valence-electron chi connectivity index (χ1n) is 5.48. The molecule has 1 aromatic carbocycles. The van der Waals surface area contributed by atoms with E-state index in [1.807, 2.05) is 0 Å². The van der Waals surface area contributed by atoms with Gasteiger partial charge in [0, 0.05) is 28.6 Å². The third-order valence-corrected chi connectivity index (χ3v) is 4.21. The van der Waals surface area contributed by atoms with Crippen molar-refractivity contribution in [3.8, 4) is 5.75 Å². The SMILES string of the molecule is Cc1ccsc1CNCc1cc(Cl)cc(Cl)c1O. The molecule has 2 nitrogen and oxygen atoms in total. The number of hydrogen-bond donors (Lipinski definition) is 2. The van der Waals surface area contributed by atoms with Crippen LogP contribution in [0.3, 0.4) is 0 Å². The Morgan fingerprint density at radius 2 is 2.06 bits per heavy atom. The highest BCUT2D eigenvalue weighted by molar-refractivity contribution is 7.10. The van der Waals surface area contributed by atoms with Crippen LogP contribution in [0.2, 0.25) is 10.0 Å². The van der Waals surface area contributed by atoms with E-state index in [1.54, 1.807) is 17.4 Å². The lowest BCUT2D eigenvalue weighted by Gasteiger charge is -2.08. The van der Waals surface area contributed by atoms with E-state index in [0.717, 1.165) is 6.54 Å². The zero-order chi connectivity index (χ0) is 13.1. The molecule has 0 amide bonds. The van der Waals surface area contributed by atoms with Crippen LogP contribution in [0, 0.1) is 6.92 Å². The standard InChI is InChI=1S/C13H13Cl2NOS/c1-8-2-3-18-12(8)7-16-6-9-4-10(14)5-11(15)13(9)17/h2-5,16-17H,6-7H2,1H3. The zero-order valence-corrected chi connectivity index (χ0v) is 12.2. The van der Waals surface area contributed by atoms with Gasteiger partial charge in [-0.2, -0.15) is 0 Å². The third kappa shape index (κ3) is 3.18. The number of nitrogens with one attached hydrogen (secondary N) is 1. The highest BCUT2D eigenvalue weighted by Crippen LogP contribution is 2.31. The molecular weight excluding hydrogens is 289 g/mol. The van der Waals surface area contributed by atoms with Crippen LogP contribution in [-0.2, 0) is 13.1 Å². The number of thiophene rings is 1. The van der Waals surface area contributed by atoms with Crippen LogP contribution in [0.1, 0.15) is 16.0 Å². The fourth-order valence-electron chi connectivity index (χ4n) is 1.65. The van der Waals surface area contributed by atoms with E-state index in [2.05, 4.69) is 23.7 Å². The number of phenolic OH excluding ortho intramolecular Hbond substituents is 1. The maximum atomic E-state index is 9.81. The second-order valence-corrected chi connectivity index (χ2v) is 5.87. The normalized spacial score (nSPS) is 10.8. The molecule has 1 heterocycles. The highest BCUT2D eigenvalue weighted by Gasteiger charge is 2.08. The van der Waals surface area contributed by atoms with Crippen LogP contribution in [0.4, 0.5) is 0 Å². The molecule has 0 aliphatic carbocycles. The first-order valence-corrected chi connectivity index (χ1v) is 7.12. The summed E-state index contributed by atoms with van der Waals surface area (Å²) in [5.41, 5.74) is 1.99. The molecule has 0 unspecified atom stereocenters. The van der Waals surface area contributed by atoms with Gasteiger partial charge in [0.15, 0.2) is 0 Å². The van der Waals surface area contributed by atoms with Crippen LogP contribution < -0.4 is 5.32 Å². The van der Waals surface area contributed by atoms with Crippen molar-refractivity contribution in [1.29, 1.82) is 0 Å². The molecule has 1 aromatic heterocycles. The molecule has 0 atom stereocenters. The van der Waals surface area contributed by atoms with Gasteiger partial charge >= 0.3 is 0 Å². The predicted molar refractivity (Wildman–Crippen MR) is 77.7 cm³/mol. The van der Waals surface area contributed by atoms with Gasteiger partial charge in [-0.15, -0.1) is 11.3 Å². The molecule has 0 saturated carbocycles. The lowest BCUT2D eigenvalue weighted by Crippen LogP contribution is -2.12. The number of aromatic hydroxyl groups is 1. The molecule has 96 valence electrons. The summed E-state index contributed by atoms with van der Waals surface area (Å²) in [6.07, 6.45) is 0. The molecule has 0 radical (unpaired) electrons. The Labute approximate surface area is 120 Å². The van der Waals surface area contributed by atoms with Crippen LogP contribution in [-0.4, -0.2) is 5.11 Å². The highest BCUT2D eigenvalue weighted by atomic mass is 35.5. The van der Waals surface area contributed by atoms with Crippen molar-refractivity contribution in [2.45, 2.75) is 20.0 Å². The summed E-state index contributed by atoms with van der Waals surface area (Å²) in [6, 6.07) is 5.35. The topological polar surface area (TPSA) is 32.3 Å². The zero-order valence-electron chi connectivity index (χ0n) is 9.84. The second-order valence-electron chi connectivity index (χ2n) is 4.03. The number of rotatable bonds is 4. The summed E-state index contributed by atoms with van der Waals surface area (Å²) in [6.45, 7) is 3.39. The Kier molecular flexibility index (Phi) is 4.51. The van der Waals surface area contributed by atoms with Crippen molar-refractivity contribution >= 4 is 34.5 Å². The van der Waals surface area contributed by atoms with Crippen LogP contribution in [0.15, 0.2) is 23.6 Å². The second kappa shape index (κ2) is 5.93. The molecule has 0 aliphatic rings. The van der Waals surface area contributed by atoms with Gasteiger partial charge in [0.1, 0.15) is 5.75 Å². The Morgan fingerprint density at radius 3 is 2.72 bits per heavy atom. The van der Waals surface area contributed by atoms with Gasteiger partial charge in [-0.25, -0.2) is 0 Å². The number of hydrogen-bond acceptors (Lipinski definition) is 3. The molecule has 0 aliphatic heterocycles. The van der Waals surface area contributed by atoms with Gasteiger partial charge < -0.3 is 10.4 Å². The number of phenols is 1. The molecule has 0 fully saturated rings. The summed E-state index contributed by atoms with van der Waals surface area (Å²) < 4.78 is 0. The van der Waals surface area contributed by atoms with Gasteiger partial charge in [0.05, 0.1) is 5.02 Å². The average molecular weight is 302 g/mol. The Balaban J connectivity index is 2.01. The molecule has 2 rings (SSSR count). The van der Waals surface area contributed by atoms with E-state index in [-0.39, 0.29) is 10.8 Å². The van der Waals surface area contributed by atoms with Gasteiger partial charge in [-0.1, -0.05) is 23.2 Å². The molecule has 18 heavy (non-hydrogen) atoms. The monoisotopic (exact) mass is 301 g/mol. The molecule has 2 aromatic rings. The predicted octanol–water partition coefficient (Wildman–Crippen LogP) is 4.36. The molecule has 0 spiro atoms.